The smallest absolute Gasteiger partial charge is 0.317 e. The van der Waals surface area contributed by atoms with Crippen molar-refractivity contribution >= 4 is 11.9 Å². The summed E-state index contributed by atoms with van der Waals surface area (Å²) in [7, 11) is 0. The number of carboxylic acids is 1. The number of aliphatic carboxylic acids is 1. The van der Waals surface area contributed by atoms with Crippen LogP contribution in [0.15, 0.2) is 11.6 Å². The Morgan fingerprint density at radius 2 is 0.907 bits per heavy atom. The predicted octanol–water partition coefficient (Wildman–Crippen LogP) is -8.61. The zero-order chi connectivity index (χ0) is 78.2. The highest BCUT2D eigenvalue weighted by Gasteiger charge is 2.75. The molecule has 7 heterocycles. The number of aliphatic hydroxyl groups excluding tert-OH is 21. The Kier molecular flexibility index (Phi) is 24.6. The van der Waals surface area contributed by atoms with Gasteiger partial charge in [-0.1, -0.05) is 46.3 Å². The second kappa shape index (κ2) is 31.5. The fourth-order valence-electron chi connectivity index (χ4n) is 20.2. The van der Waals surface area contributed by atoms with Crippen LogP contribution in [-0.4, -0.2) is 379 Å². The molecule has 7 saturated heterocycles. The number of carbonyl (C=O) groups excluding carboxylic acids is 1. The minimum Gasteiger partial charge on any atom is -0.481 e. The van der Waals surface area contributed by atoms with E-state index in [1.165, 1.54) is 13.8 Å². The van der Waals surface area contributed by atoms with Crippen molar-refractivity contribution in [2.45, 2.75) is 315 Å². The lowest BCUT2D eigenvalue weighted by Gasteiger charge is -2.71. The number of carbonyl (C=O) groups is 2. The van der Waals surface area contributed by atoms with Crippen LogP contribution < -0.4 is 0 Å². The third-order valence-corrected chi connectivity index (χ3v) is 26.7. The van der Waals surface area contributed by atoms with Gasteiger partial charge in [-0.2, -0.15) is 0 Å². The molecule has 0 aromatic heterocycles. The Labute approximate surface area is 614 Å². The number of hydrogen-bond acceptors (Lipinski definition) is 37. The maximum Gasteiger partial charge on any atom is 0.317 e. The van der Waals surface area contributed by atoms with E-state index in [1.807, 2.05) is 33.8 Å². The third kappa shape index (κ3) is 14.3. The van der Waals surface area contributed by atoms with E-state index in [4.69, 9.17) is 66.3 Å². The molecule has 38 nitrogen and oxygen atoms in total. The van der Waals surface area contributed by atoms with Gasteiger partial charge in [0.2, 0.25) is 6.29 Å². The average molecular weight is 1550 g/mol. The molecule has 12 rings (SSSR count). The monoisotopic (exact) mass is 1550 g/mol. The molecule has 38 heteroatoms. The Bertz CT molecular complexity index is 3100. The highest BCUT2D eigenvalue weighted by atomic mass is 16.8. The lowest BCUT2D eigenvalue weighted by molar-refractivity contribution is -0.400. The number of carboxylic acid groups (broad SMARTS) is 1. The largest absolute Gasteiger partial charge is 0.481 e. The van der Waals surface area contributed by atoms with Gasteiger partial charge in [0.25, 0.3) is 0 Å². The van der Waals surface area contributed by atoms with E-state index in [-0.39, 0.29) is 32.1 Å². The number of esters is 1. The van der Waals surface area contributed by atoms with Crippen LogP contribution in [0.2, 0.25) is 0 Å². The highest BCUT2D eigenvalue weighted by Crippen LogP contribution is 2.76. The van der Waals surface area contributed by atoms with Gasteiger partial charge in [0.1, 0.15) is 152 Å². The molecule has 12 aliphatic rings. The van der Waals surface area contributed by atoms with Crippen molar-refractivity contribution in [3.05, 3.63) is 11.6 Å². The Balaban J connectivity index is 0.804. The topological polar surface area (TPSA) is 608 Å². The first-order chi connectivity index (χ1) is 50.2. The maximum atomic E-state index is 15.8. The second-order valence-corrected chi connectivity index (χ2v) is 33.4. The van der Waals surface area contributed by atoms with Crippen LogP contribution in [0.4, 0.5) is 0 Å². The summed E-state index contributed by atoms with van der Waals surface area (Å²) in [5, 5.41) is 245. The Morgan fingerprint density at radius 3 is 1.45 bits per heavy atom. The minimum absolute atomic E-state index is 0.0624. The first kappa shape index (κ1) is 83.7. The number of aliphatic hydroxyl groups is 21. The molecule has 0 radical (unpaired) electrons. The van der Waals surface area contributed by atoms with Gasteiger partial charge in [-0.25, -0.2) is 0 Å². The molecular weight excluding hydrogens is 1440 g/mol. The van der Waals surface area contributed by atoms with E-state index >= 15 is 4.79 Å². The van der Waals surface area contributed by atoms with Gasteiger partial charge in [0, 0.05) is 0 Å². The van der Waals surface area contributed by atoms with Crippen LogP contribution >= 0.6 is 0 Å². The van der Waals surface area contributed by atoms with Gasteiger partial charge in [0.05, 0.1) is 63.4 Å². The second-order valence-electron chi connectivity index (χ2n) is 33.4. The van der Waals surface area contributed by atoms with E-state index < -0.39 is 317 Å². The van der Waals surface area contributed by atoms with Crippen LogP contribution in [0.3, 0.4) is 0 Å². The van der Waals surface area contributed by atoms with Crippen molar-refractivity contribution in [3.8, 4) is 0 Å². The van der Waals surface area contributed by atoms with Crippen LogP contribution in [0, 0.1) is 50.2 Å². The van der Waals surface area contributed by atoms with Crippen LogP contribution in [-0.2, 0) is 75.9 Å². The highest BCUT2D eigenvalue weighted by molar-refractivity contribution is 5.80. The summed E-state index contributed by atoms with van der Waals surface area (Å²) in [6.45, 7) is 8.30. The molecule has 0 spiro atoms. The first-order valence-electron chi connectivity index (χ1n) is 36.8. The average Bonchev–Trinajstić information content (AvgIpc) is 0.667. The van der Waals surface area contributed by atoms with Crippen LogP contribution in [0.25, 0.3) is 0 Å². The minimum atomic E-state index is -2.14. The quantitative estimate of drug-likeness (QED) is 0.0344. The van der Waals surface area contributed by atoms with Gasteiger partial charge < -0.3 is 179 Å². The summed E-state index contributed by atoms with van der Waals surface area (Å²) >= 11 is 0. The van der Waals surface area contributed by atoms with Crippen molar-refractivity contribution in [2.24, 2.45) is 50.2 Å². The molecule has 5 aliphatic carbocycles. The van der Waals surface area contributed by atoms with E-state index in [2.05, 4.69) is 6.92 Å². The summed E-state index contributed by atoms with van der Waals surface area (Å²) < 4.78 is 83.8. The van der Waals surface area contributed by atoms with Crippen molar-refractivity contribution in [2.75, 3.05) is 39.6 Å². The van der Waals surface area contributed by atoms with E-state index in [0.29, 0.717) is 19.3 Å². The van der Waals surface area contributed by atoms with E-state index in [0.717, 1.165) is 5.57 Å². The lowest BCUT2D eigenvalue weighted by Crippen LogP contribution is -2.71. The van der Waals surface area contributed by atoms with Crippen molar-refractivity contribution < 1.29 is 188 Å². The summed E-state index contributed by atoms with van der Waals surface area (Å²) in [6.07, 6.45) is -60.8. The van der Waals surface area contributed by atoms with E-state index in [1.54, 1.807) is 0 Å². The van der Waals surface area contributed by atoms with Crippen LogP contribution in [0.5, 0.6) is 0 Å². The normalized spacial score (nSPS) is 55.0. The van der Waals surface area contributed by atoms with Gasteiger partial charge in [-0.3, -0.25) is 9.59 Å². The van der Waals surface area contributed by atoms with Crippen LogP contribution in [0.1, 0.15) is 99.8 Å². The molecule has 43 atom stereocenters. The lowest BCUT2D eigenvalue weighted by atomic mass is 9.33. The zero-order valence-electron chi connectivity index (χ0n) is 60.3. The van der Waals surface area contributed by atoms with Crippen molar-refractivity contribution in [1.29, 1.82) is 0 Å². The molecule has 614 valence electrons. The molecule has 11 fully saturated rings. The Hall–Kier alpha value is -2.68. The fraction of sp³-hybridized carbons (Fsp3) is 0.942. The molecule has 0 aromatic carbocycles. The van der Waals surface area contributed by atoms with Gasteiger partial charge in [0.15, 0.2) is 43.8 Å². The first-order valence-corrected chi connectivity index (χ1v) is 36.8. The van der Waals surface area contributed by atoms with E-state index in [9.17, 15) is 117 Å². The molecule has 7 aliphatic heterocycles. The maximum absolute atomic E-state index is 15.8. The molecular formula is C69H110O38. The SMILES string of the molecule is C[C@@H]1OC(O[C@H]2[C@H](OC(=O)[C@]34CCC(C)(C)C[C@H]3C3=CCC5[C@@]6(C)C[C@H](O)[C@H](O[C@@H]7O[C@H](CO)[C@@H](O)[C@H](O)[C@H]7O[C@@H]7O[C@H](CO)[C@@H](O)[C@H](O)[C@H]7O[C@@H]7O[C@H](CO)[C@@H](O)[C@H](O)[C@H]7O)[C@@](C)(C(=O)O)C6CC[C@@]5(C)[C@]3(C)C[C@H]4O)OC[C@H](O)[C@@H]2O)[C@H](O)[C@H](O[C@@H]2OC[C@H](O)[C@H](O)[C@H]2O)[C@H]1O[C@@H]1OC[C@@H](O)[C@H](O)[C@H]1O. The molecule has 0 bridgehead atoms. The standard InChI is InChI=1S/C69H110O38/c1-23-49(101-55-45(87)36(78)27(74)20-94-55)50(102-56-46(88)37(79)28(75)21-95-56)48(90)58(97-23)103-51-38(80)29(76)22-96-59(51)107-63(93)69-13-12-64(2,3)14-25(69)24-8-9-33-65(4)15-26(73)54(68(7,62(91)92)34(65)10-11-66(33,5)67(24,6)16-35(69)77)106-61-53(44(86)41(83)32(19-72)100-61)105-60-52(43(85)40(82)31(18-71)99-60)104-57-47(89)42(84)39(81)30(17-70)98-57/h8,23,25-61,70-90H,9-22H2,1-7H3,(H,91,92)/t23-,25-,26-,27+,28-,29-,30+,31+,32+,33?,34?,35+,36-,37-,38-,39+,40+,41+,42-,43-,44-,45+,46+,47+,48+,49-,50-,51+,52+,53+,54-,55-,56-,57-,58?,59-,60-,61-,65+,66+,67+,68-,69+/m0/s1. The molecule has 107 heavy (non-hydrogen) atoms. The van der Waals surface area contributed by atoms with Gasteiger partial charge in [-0.15, -0.1) is 0 Å². The molecule has 3 unspecified atom stereocenters. The van der Waals surface area contributed by atoms with Crippen molar-refractivity contribution in [1.82, 2.24) is 0 Å². The van der Waals surface area contributed by atoms with Crippen molar-refractivity contribution in [3.63, 3.8) is 0 Å². The summed E-state index contributed by atoms with van der Waals surface area (Å²) in [5.41, 5.74) is -6.40. The summed E-state index contributed by atoms with van der Waals surface area (Å²) in [4.78, 5) is 30.2. The number of ether oxygens (including phenoxy) is 14. The molecule has 4 saturated carbocycles. The molecule has 0 amide bonds. The molecule has 22 N–H and O–H groups in total. The Morgan fingerprint density at radius 1 is 0.449 bits per heavy atom. The number of allylic oxidation sites excluding steroid dienone is 2. The third-order valence-electron chi connectivity index (χ3n) is 26.7. The van der Waals surface area contributed by atoms with Gasteiger partial charge >= 0.3 is 11.9 Å². The predicted molar refractivity (Wildman–Crippen MR) is 346 cm³/mol. The number of fused-ring (bicyclic) bond motifs is 7. The number of rotatable bonds is 18. The van der Waals surface area contributed by atoms with Gasteiger partial charge in [-0.05, 0) is 105 Å². The molecule has 0 aromatic rings. The fourth-order valence-corrected chi connectivity index (χ4v) is 20.2. The number of hydrogen-bond donors (Lipinski definition) is 22. The summed E-state index contributed by atoms with van der Waals surface area (Å²) in [6, 6.07) is 0. The summed E-state index contributed by atoms with van der Waals surface area (Å²) in [5.74, 6) is -4.51. The zero-order valence-corrected chi connectivity index (χ0v) is 60.3.